The van der Waals surface area contributed by atoms with Crippen LogP contribution in [0.15, 0.2) is 24.3 Å². The van der Waals surface area contributed by atoms with Crippen molar-refractivity contribution in [2.24, 2.45) is 0 Å². The minimum atomic E-state index is -0.262. The van der Waals surface area contributed by atoms with E-state index in [1.165, 1.54) is 11.1 Å². The third-order valence-electron chi connectivity index (χ3n) is 2.47. The summed E-state index contributed by atoms with van der Waals surface area (Å²) in [4.78, 5) is 0. The van der Waals surface area contributed by atoms with Crippen LogP contribution in [0.4, 0.5) is 0 Å². The molecule has 0 saturated heterocycles. The number of aliphatic hydroxyl groups excluding tert-OH is 1. The monoisotopic (exact) mass is 202 g/mol. The molecule has 1 atom stereocenters. The zero-order valence-electron chi connectivity index (χ0n) is 9.24. The lowest BCUT2D eigenvalue weighted by Gasteiger charge is -2.08. The zero-order chi connectivity index (χ0) is 11.1. The molecule has 1 unspecified atom stereocenters. The fourth-order valence-electron chi connectivity index (χ4n) is 1.60. The summed E-state index contributed by atoms with van der Waals surface area (Å²) in [5.74, 6) is 2.55. The van der Waals surface area contributed by atoms with Crippen LogP contribution in [0.3, 0.4) is 0 Å². The summed E-state index contributed by atoms with van der Waals surface area (Å²) >= 11 is 0. The lowest BCUT2D eigenvalue weighted by Crippen LogP contribution is -2.07. The number of benzene rings is 1. The van der Waals surface area contributed by atoms with E-state index in [0.29, 0.717) is 12.8 Å². The van der Waals surface area contributed by atoms with Crippen LogP contribution in [0, 0.1) is 19.3 Å². The lowest BCUT2D eigenvalue weighted by molar-refractivity contribution is 0.157. The lowest BCUT2D eigenvalue weighted by atomic mass is 10.0. The van der Waals surface area contributed by atoms with Crippen LogP contribution >= 0.6 is 0 Å². The van der Waals surface area contributed by atoms with Crippen molar-refractivity contribution in [2.45, 2.75) is 38.7 Å². The van der Waals surface area contributed by atoms with Crippen LogP contribution in [-0.4, -0.2) is 11.2 Å². The highest BCUT2D eigenvalue weighted by molar-refractivity contribution is 5.22. The van der Waals surface area contributed by atoms with Crippen molar-refractivity contribution in [1.82, 2.24) is 0 Å². The molecule has 0 fully saturated rings. The van der Waals surface area contributed by atoms with Crippen LogP contribution in [-0.2, 0) is 6.42 Å². The fraction of sp³-hybridized carbons (Fsp3) is 0.429. The van der Waals surface area contributed by atoms with Crippen molar-refractivity contribution in [3.63, 3.8) is 0 Å². The van der Waals surface area contributed by atoms with Crippen molar-refractivity contribution in [3.05, 3.63) is 35.4 Å². The van der Waals surface area contributed by atoms with Gasteiger partial charge < -0.3 is 5.11 Å². The second-order valence-corrected chi connectivity index (χ2v) is 3.92. The molecule has 15 heavy (non-hydrogen) atoms. The van der Waals surface area contributed by atoms with Crippen molar-refractivity contribution >= 4 is 0 Å². The van der Waals surface area contributed by atoms with E-state index in [9.17, 15) is 5.11 Å². The Morgan fingerprint density at radius 3 is 2.87 bits per heavy atom. The second-order valence-electron chi connectivity index (χ2n) is 3.92. The maximum absolute atomic E-state index is 9.62. The number of aryl methyl sites for hydroxylation is 2. The summed E-state index contributed by atoms with van der Waals surface area (Å²) in [5.41, 5.74) is 2.56. The van der Waals surface area contributed by atoms with Crippen molar-refractivity contribution < 1.29 is 5.11 Å². The average Bonchev–Trinajstić information content (AvgIpc) is 2.23. The largest absolute Gasteiger partial charge is 0.393 e. The van der Waals surface area contributed by atoms with Crippen molar-refractivity contribution in [2.75, 3.05) is 0 Å². The molecule has 0 amide bonds. The maximum Gasteiger partial charge on any atom is 0.0552 e. The Bertz CT molecular complexity index is 335. The van der Waals surface area contributed by atoms with Gasteiger partial charge in [0.15, 0.2) is 0 Å². The van der Waals surface area contributed by atoms with Gasteiger partial charge in [-0.15, -0.1) is 12.3 Å². The summed E-state index contributed by atoms with van der Waals surface area (Å²) in [5, 5.41) is 9.62. The highest BCUT2D eigenvalue weighted by atomic mass is 16.3. The molecule has 1 aromatic carbocycles. The maximum atomic E-state index is 9.62. The summed E-state index contributed by atoms with van der Waals surface area (Å²) < 4.78 is 0. The van der Waals surface area contributed by atoms with Crippen LogP contribution in [0.5, 0.6) is 0 Å². The van der Waals surface area contributed by atoms with E-state index in [1.54, 1.807) is 0 Å². The van der Waals surface area contributed by atoms with E-state index >= 15 is 0 Å². The molecular weight excluding hydrogens is 184 g/mol. The molecule has 0 bridgehead atoms. The van der Waals surface area contributed by atoms with Crippen molar-refractivity contribution in [3.8, 4) is 12.3 Å². The molecule has 0 aliphatic carbocycles. The second kappa shape index (κ2) is 6.27. The topological polar surface area (TPSA) is 20.2 Å². The number of hydrogen-bond acceptors (Lipinski definition) is 1. The predicted octanol–water partition coefficient (Wildman–Crippen LogP) is 2.70. The summed E-state index contributed by atoms with van der Waals surface area (Å²) in [6.07, 6.45) is 7.97. The molecule has 0 aliphatic rings. The Kier molecular flexibility index (Phi) is 4.93. The number of aliphatic hydroxyl groups is 1. The minimum Gasteiger partial charge on any atom is -0.393 e. The molecule has 0 saturated carbocycles. The third kappa shape index (κ3) is 4.67. The Hall–Kier alpha value is -1.26. The summed E-state index contributed by atoms with van der Waals surface area (Å²) in [7, 11) is 0. The molecule has 1 aromatic rings. The standard InChI is InChI=1S/C14H18O/c1-3-4-8-14(15)10-9-13-7-5-6-12(2)11-13/h1,5-7,11,14-15H,4,8-10H2,2H3. The van der Waals surface area contributed by atoms with Gasteiger partial charge in [-0.3, -0.25) is 0 Å². The van der Waals surface area contributed by atoms with Gasteiger partial charge in [-0.2, -0.15) is 0 Å². The number of terminal acetylenes is 1. The quantitative estimate of drug-likeness (QED) is 0.728. The van der Waals surface area contributed by atoms with E-state index in [0.717, 1.165) is 12.8 Å². The van der Waals surface area contributed by atoms with Crippen molar-refractivity contribution in [1.29, 1.82) is 0 Å². The number of rotatable bonds is 5. The molecule has 0 radical (unpaired) electrons. The van der Waals surface area contributed by atoms with Gasteiger partial charge in [0.1, 0.15) is 0 Å². The molecule has 0 spiro atoms. The Balaban J connectivity index is 2.34. The Morgan fingerprint density at radius 1 is 1.40 bits per heavy atom. The molecule has 1 nitrogen and oxygen atoms in total. The molecule has 1 rings (SSSR count). The van der Waals surface area contributed by atoms with E-state index < -0.39 is 0 Å². The number of hydrogen-bond donors (Lipinski definition) is 1. The van der Waals surface area contributed by atoms with Gasteiger partial charge in [0.2, 0.25) is 0 Å². The Labute approximate surface area is 92.1 Å². The van der Waals surface area contributed by atoms with Gasteiger partial charge in [-0.05, 0) is 31.7 Å². The predicted molar refractivity (Wildman–Crippen MR) is 63.6 cm³/mol. The van der Waals surface area contributed by atoms with Gasteiger partial charge >= 0.3 is 0 Å². The third-order valence-corrected chi connectivity index (χ3v) is 2.47. The highest BCUT2D eigenvalue weighted by Crippen LogP contribution is 2.10. The van der Waals surface area contributed by atoms with E-state index in [-0.39, 0.29) is 6.10 Å². The van der Waals surface area contributed by atoms with Gasteiger partial charge in [0, 0.05) is 6.42 Å². The van der Waals surface area contributed by atoms with E-state index in [2.05, 4.69) is 37.1 Å². The van der Waals surface area contributed by atoms with E-state index in [1.807, 2.05) is 0 Å². The molecule has 1 heteroatoms. The normalized spacial score (nSPS) is 12.1. The van der Waals surface area contributed by atoms with Crippen LogP contribution < -0.4 is 0 Å². The van der Waals surface area contributed by atoms with Gasteiger partial charge in [-0.1, -0.05) is 29.8 Å². The smallest absolute Gasteiger partial charge is 0.0552 e. The van der Waals surface area contributed by atoms with Crippen LogP contribution in [0.25, 0.3) is 0 Å². The molecule has 1 N–H and O–H groups in total. The first-order chi connectivity index (χ1) is 7.22. The minimum absolute atomic E-state index is 0.262. The fourth-order valence-corrected chi connectivity index (χ4v) is 1.60. The van der Waals surface area contributed by atoms with E-state index in [4.69, 9.17) is 6.42 Å². The first kappa shape index (κ1) is 11.8. The first-order valence-electron chi connectivity index (χ1n) is 5.39. The van der Waals surface area contributed by atoms with Gasteiger partial charge in [-0.25, -0.2) is 0 Å². The van der Waals surface area contributed by atoms with Gasteiger partial charge in [0.05, 0.1) is 6.10 Å². The molecule has 0 aromatic heterocycles. The molecule has 80 valence electrons. The average molecular weight is 202 g/mol. The highest BCUT2D eigenvalue weighted by Gasteiger charge is 2.03. The molecular formula is C14H18O. The summed E-state index contributed by atoms with van der Waals surface area (Å²) in [6.45, 7) is 2.08. The summed E-state index contributed by atoms with van der Waals surface area (Å²) in [6, 6.07) is 8.39. The molecule has 0 heterocycles. The van der Waals surface area contributed by atoms with Gasteiger partial charge in [0.25, 0.3) is 0 Å². The molecule has 0 aliphatic heterocycles. The SMILES string of the molecule is C#CCCC(O)CCc1cccc(C)c1. The zero-order valence-corrected chi connectivity index (χ0v) is 9.24. The first-order valence-corrected chi connectivity index (χ1v) is 5.39. The Morgan fingerprint density at radius 2 is 2.20 bits per heavy atom. The van der Waals surface area contributed by atoms with Crippen LogP contribution in [0.2, 0.25) is 0 Å². The van der Waals surface area contributed by atoms with Crippen LogP contribution in [0.1, 0.15) is 30.4 Å².